The first-order valence-electron chi connectivity index (χ1n) is 5.63. The van der Waals surface area contributed by atoms with E-state index in [1.165, 1.54) is 0 Å². The Balaban J connectivity index is 2.10. The van der Waals surface area contributed by atoms with Gasteiger partial charge in [0.25, 0.3) is 0 Å². The second-order valence-corrected chi connectivity index (χ2v) is 5.48. The average molecular weight is 340 g/mol. The monoisotopic (exact) mass is 339 g/mol. The Bertz CT molecular complexity index is 710. The van der Waals surface area contributed by atoms with E-state index in [9.17, 15) is 0 Å². The summed E-state index contributed by atoms with van der Waals surface area (Å²) in [5, 5.41) is 14.0. The molecule has 0 unspecified atom stereocenters. The molecule has 0 radical (unpaired) electrons. The van der Waals surface area contributed by atoms with Gasteiger partial charge in [0.2, 0.25) is 0 Å². The summed E-state index contributed by atoms with van der Waals surface area (Å²) in [4.78, 5) is 8.93. The summed E-state index contributed by atoms with van der Waals surface area (Å²) in [5.74, 6) is 1.85. The fourth-order valence-electron chi connectivity index (χ4n) is 1.70. The SMILES string of the molecule is OCCNc1nc(-c2ccc(Br)o2)nc2ccsc12. The van der Waals surface area contributed by atoms with Gasteiger partial charge in [-0.05, 0) is 39.5 Å². The molecular formula is C12H10BrN3O2S. The van der Waals surface area contributed by atoms with Crippen LogP contribution in [-0.4, -0.2) is 28.2 Å². The smallest absolute Gasteiger partial charge is 0.198 e. The molecule has 3 rings (SSSR count). The number of fused-ring (bicyclic) bond motifs is 1. The zero-order chi connectivity index (χ0) is 13.2. The van der Waals surface area contributed by atoms with Crippen LogP contribution in [0.25, 0.3) is 21.8 Å². The molecule has 7 heteroatoms. The number of anilines is 1. The van der Waals surface area contributed by atoms with E-state index in [-0.39, 0.29) is 6.61 Å². The molecule has 5 nitrogen and oxygen atoms in total. The molecule has 3 aromatic rings. The quantitative estimate of drug-likeness (QED) is 0.764. The van der Waals surface area contributed by atoms with E-state index in [0.29, 0.717) is 22.8 Å². The lowest BCUT2D eigenvalue weighted by Crippen LogP contribution is -2.07. The number of thiophene rings is 1. The van der Waals surface area contributed by atoms with E-state index in [4.69, 9.17) is 9.52 Å². The highest BCUT2D eigenvalue weighted by Gasteiger charge is 2.12. The van der Waals surface area contributed by atoms with Crippen LogP contribution in [0.2, 0.25) is 0 Å². The summed E-state index contributed by atoms with van der Waals surface area (Å²) in [6.07, 6.45) is 0. The van der Waals surface area contributed by atoms with Crippen molar-refractivity contribution in [3.63, 3.8) is 0 Å². The number of nitrogens with one attached hydrogen (secondary N) is 1. The second-order valence-electron chi connectivity index (χ2n) is 3.78. The van der Waals surface area contributed by atoms with Gasteiger partial charge in [0.05, 0.1) is 16.8 Å². The molecule has 0 bridgehead atoms. The van der Waals surface area contributed by atoms with Crippen molar-refractivity contribution >= 4 is 43.3 Å². The van der Waals surface area contributed by atoms with Gasteiger partial charge in [-0.15, -0.1) is 11.3 Å². The zero-order valence-electron chi connectivity index (χ0n) is 9.76. The van der Waals surface area contributed by atoms with Crippen molar-refractivity contribution in [3.05, 3.63) is 28.2 Å². The molecule has 0 amide bonds. The van der Waals surface area contributed by atoms with Crippen molar-refractivity contribution in [2.75, 3.05) is 18.5 Å². The van der Waals surface area contributed by atoms with Gasteiger partial charge in [-0.25, -0.2) is 9.97 Å². The predicted octanol–water partition coefficient (Wildman–Crippen LogP) is 3.12. The van der Waals surface area contributed by atoms with E-state index < -0.39 is 0 Å². The highest BCUT2D eigenvalue weighted by molar-refractivity contribution is 9.10. The molecule has 0 saturated carbocycles. The maximum absolute atomic E-state index is 8.91. The Morgan fingerprint density at radius 1 is 1.32 bits per heavy atom. The van der Waals surface area contributed by atoms with Crippen LogP contribution in [-0.2, 0) is 0 Å². The van der Waals surface area contributed by atoms with Gasteiger partial charge in [-0.1, -0.05) is 0 Å². The van der Waals surface area contributed by atoms with Crippen LogP contribution in [0.15, 0.2) is 32.7 Å². The van der Waals surface area contributed by atoms with Crippen LogP contribution >= 0.6 is 27.3 Å². The number of halogens is 1. The first-order valence-corrected chi connectivity index (χ1v) is 7.31. The highest BCUT2D eigenvalue weighted by Crippen LogP contribution is 2.30. The van der Waals surface area contributed by atoms with Crippen molar-refractivity contribution in [1.82, 2.24) is 9.97 Å². The molecule has 3 heterocycles. The van der Waals surface area contributed by atoms with Crippen LogP contribution in [0.1, 0.15) is 0 Å². The third kappa shape index (κ3) is 2.49. The Kier molecular flexibility index (Phi) is 3.50. The first kappa shape index (κ1) is 12.6. The summed E-state index contributed by atoms with van der Waals surface area (Å²) < 4.78 is 7.09. The van der Waals surface area contributed by atoms with Gasteiger partial charge in [0.15, 0.2) is 16.3 Å². The summed E-state index contributed by atoms with van der Waals surface area (Å²) in [6.45, 7) is 0.504. The van der Waals surface area contributed by atoms with Crippen LogP contribution in [0.5, 0.6) is 0 Å². The third-order valence-electron chi connectivity index (χ3n) is 2.50. The van der Waals surface area contributed by atoms with Gasteiger partial charge < -0.3 is 14.8 Å². The van der Waals surface area contributed by atoms with Crippen LogP contribution in [0, 0.1) is 0 Å². The van der Waals surface area contributed by atoms with Gasteiger partial charge in [0.1, 0.15) is 5.82 Å². The summed E-state index contributed by atoms with van der Waals surface area (Å²) >= 11 is 4.83. The Labute approximate surface area is 121 Å². The molecule has 0 spiro atoms. The Hall–Kier alpha value is -1.44. The molecule has 0 atom stereocenters. The predicted molar refractivity (Wildman–Crippen MR) is 78.4 cm³/mol. The lowest BCUT2D eigenvalue weighted by atomic mass is 10.3. The molecule has 0 aliphatic heterocycles. The fourth-order valence-corrected chi connectivity index (χ4v) is 2.81. The Morgan fingerprint density at radius 2 is 2.21 bits per heavy atom. The van der Waals surface area contributed by atoms with Crippen molar-refractivity contribution in [2.45, 2.75) is 0 Å². The molecular weight excluding hydrogens is 330 g/mol. The van der Waals surface area contributed by atoms with Crippen LogP contribution in [0.4, 0.5) is 5.82 Å². The number of hydrogen-bond acceptors (Lipinski definition) is 6. The molecule has 98 valence electrons. The van der Waals surface area contributed by atoms with Gasteiger partial charge in [-0.3, -0.25) is 0 Å². The van der Waals surface area contributed by atoms with E-state index in [0.717, 1.165) is 16.0 Å². The molecule has 0 fully saturated rings. The number of rotatable bonds is 4. The molecule has 19 heavy (non-hydrogen) atoms. The van der Waals surface area contributed by atoms with E-state index >= 15 is 0 Å². The molecule has 0 aromatic carbocycles. The first-order chi connectivity index (χ1) is 9.28. The topological polar surface area (TPSA) is 71.2 Å². The highest BCUT2D eigenvalue weighted by atomic mass is 79.9. The molecule has 0 aliphatic rings. The fraction of sp³-hybridized carbons (Fsp3) is 0.167. The minimum absolute atomic E-state index is 0.0541. The molecule has 0 saturated heterocycles. The molecule has 0 aliphatic carbocycles. The van der Waals surface area contributed by atoms with Crippen molar-refractivity contribution in [3.8, 4) is 11.6 Å². The summed E-state index contributed by atoms with van der Waals surface area (Å²) in [5.41, 5.74) is 0.864. The van der Waals surface area contributed by atoms with Crippen molar-refractivity contribution in [1.29, 1.82) is 0 Å². The van der Waals surface area contributed by atoms with E-state index in [1.54, 1.807) is 17.4 Å². The summed E-state index contributed by atoms with van der Waals surface area (Å²) in [7, 11) is 0. The Morgan fingerprint density at radius 3 is 2.95 bits per heavy atom. The minimum atomic E-state index is 0.0541. The number of hydrogen-bond donors (Lipinski definition) is 2. The van der Waals surface area contributed by atoms with E-state index in [2.05, 4.69) is 31.2 Å². The third-order valence-corrected chi connectivity index (χ3v) is 3.84. The lowest BCUT2D eigenvalue weighted by Gasteiger charge is -2.06. The number of aliphatic hydroxyl groups excluding tert-OH is 1. The standard InChI is InChI=1S/C12H10BrN3O2S/c13-9-2-1-8(18-9)11-15-7-3-6-19-10(7)12(16-11)14-4-5-17/h1-3,6,17H,4-5H2,(H,14,15,16). The maximum Gasteiger partial charge on any atom is 0.198 e. The lowest BCUT2D eigenvalue weighted by molar-refractivity contribution is 0.311. The normalized spacial score (nSPS) is 11.1. The van der Waals surface area contributed by atoms with Gasteiger partial charge in [0, 0.05) is 6.54 Å². The number of nitrogens with zero attached hydrogens (tertiary/aromatic N) is 2. The van der Waals surface area contributed by atoms with Gasteiger partial charge >= 0.3 is 0 Å². The number of aromatic nitrogens is 2. The second kappa shape index (κ2) is 5.28. The zero-order valence-corrected chi connectivity index (χ0v) is 12.2. The average Bonchev–Trinajstić information content (AvgIpc) is 3.03. The summed E-state index contributed by atoms with van der Waals surface area (Å²) in [6, 6.07) is 5.55. The van der Waals surface area contributed by atoms with Crippen molar-refractivity contribution < 1.29 is 9.52 Å². The van der Waals surface area contributed by atoms with Crippen LogP contribution < -0.4 is 5.32 Å². The maximum atomic E-state index is 8.91. The van der Waals surface area contributed by atoms with Crippen molar-refractivity contribution in [2.24, 2.45) is 0 Å². The molecule has 3 aromatic heterocycles. The van der Waals surface area contributed by atoms with Gasteiger partial charge in [-0.2, -0.15) is 0 Å². The molecule has 2 N–H and O–H groups in total. The largest absolute Gasteiger partial charge is 0.446 e. The van der Waals surface area contributed by atoms with E-state index in [1.807, 2.05) is 17.5 Å². The van der Waals surface area contributed by atoms with Crippen LogP contribution in [0.3, 0.4) is 0 Å². The number of furan rings is 1. The minimum Gasteiger partial charge on any atom is -0.446 e. The number of aliphatic hydroxyl groups is 1.